The molecule has 0 aromatic heterocycles. The van der Waals surface area contributed by atoms with Crippen LogP contribution < -0.4 is 4.90 Å². The minimum Gasteiger partial charge on any atom is -0.507 e. The van der Waals surface area contributed by atoms with Gasteiger partial charge in [-0.05, 0) is 71.3 Å². The Balaban J connectivity index is 1.37. The number of phenolic OH excluding ortho intramolecular Hbond substituents is 1. The van der Waals surface area contributed by atoms with Gasteiger partial charge in [0, 0.05) is 39.7 Å². The summed E-state index contributed by atoms with van der Waals surface area (Å²) in [6.07, 6.45) is 3.62. The number of halogens is 1. The maximum atomic E-state index is 14.1. The molecule has 3 aliphatic carbocycles. The summed E-state index contributed by atoms with van der Waals surface area (Å²) in [5.74, 6) is -4.08. The van der Waals surface area contributed by atoms with Gasteiger partial charge in [0.1, 0.15) is 5.75 Å². The Morgan fingerprint density at radius 1 is 0.929 bits per heavy atom. The molecule has 7 nitrogen and oxygen atoms in total. The lowest BCUT2D eigenvalue weighted by molar-refractivity contribution is -0.123. The van der Waals surface area contributed by atoms with E-state index in [1.165, 1.54) is 17.9 Å². The molecule has 4 aliphatic rings. The Bertz CT molecular complexity index is 1880. The van der Waals surface area contributed by atoms with Crippen LogP contribution in [0.5, 0.6) is 5.75 Å². The maximum Gasteiger partial charge on any atom is 0.238 e. The van der Waals surface area contributed by atoms with Crippen LogP contribution in [0.15, 0.2) is 94.0 Å². The van der Waals surface area contributed by atoms with E-state index in [9.17, 15) is 29.1 Å². The highest BCUT2D eigenvalue weighted by Crippen LogP contribution is 2.57. The standard InChI is InChI=1S/C34H24BrNO6/c1-16(37)17-6-9-19(10-7-17)36-33(41)23-13-12-21-24(29(23)34(36)42)14-25-30(27(38)15-26(35)32(25)40)28(21)22-11-8-18-4-2-3-5-20(18)31(22)39/h2-12,15,23-24,28-29,39H,13-14H2,1H3. The predicted octanol–water partition coefficient (Wildman–Crippen LogP) is 5.71. The number of fused-ring (bicyclic) bond motifs is 4. The van der Waals surface area contributed by atoms with Crippen molar-refractivity contribution in [2.24, 2.45) is 17.8 Å². The number of aromatic hydroxyl groups is 1. The zero-order valence-electron chi connectivity index (χ0n) is 22.5. The van der Waals surface area contributed by atoms with E-state index in [1.807, 2.05) is 30.3 Å². The number of carbonyl (C=O) groups excluding carboxylic acids is 5. The van der Waals surface area contributed by atoms with E-state index in [0.717, 1.165) is 11.0 Å². The summed E-state index contributed by atoms with van der Waals surface area (Å²) in [6, 6.07) is 17.4. The van der Waals surface area contributed by atoms with Crippen molar-refractivity contribution in [1.29, 1.82) is 0 Å². The Morgan fingerprint density at radius 2 is 1.67 bits per heavy atom. The van der Waals surface area contributed by atoms with Crippen LogP contribution in [0.25, 0.3) is 10.8 Å². The summed E-state index contributed by atoms with van der Waals surface area (Å²) in [5, 5.41) is 12.9. The van der Waals surface area contributed by atoms with Gasteiger partial charge in [0.2, 0.25) is 11.8 Å². The number of phenols is 1. The summed E-state index contributed by atoms with van der Waals surface area (Å²) in [4.78, 5) is 67.6. The minimum absolute atomic E-state index is 0.0171. The van der Waals surface area contributed by atoms with Crippen LogP contribution in [0.3, 0.4) is 0 Å². The normalized spacial score (nSPS) is 25.2. The molecule has 2 amide bonds. The van der Waals surface area contributed by atoms with Gasteiger partial charge in [-0.3, -0.25) is 28.9 Å². The molecule has 0 saturated carbocycles. The Morgan fingerprint density at radius 3 is 2.40 bits per heavy atom. The number of benzene rings is 3. The first-order valence-corrected chi connectivity index (χ1v) is 14.5. The van der Waals surface area contributed by atoms with Gasteiger partial charge in [-0.2, -0.15) is 0 Å². The van der Waals surface area contributed by atoms with Crippen LogP contribution in [0.1, 0.15) is 41.6 Å². The van der Waals surface area contributed by atoms with E-state index < -0.39 is 23.7 Å². The maximum absolute atomic E-state index is 14.1. The monoisotopic (exact) mass is 621 g/mol. The molecule has 1 N–H and O–H groups in total. The van der Waals surface area contributed by atoms with E-state index in [4.69, 9.17) is 0 Å². The van der Waals surface area contributed by atoms with E-state index in [-0.39, 0.29) is 52.2 Å². The quantitative estimate of drug-likeness (QED) is 0.174. The molecule has 4 unspecified atom stereocenters. The number of amides is 2. The van der Waals surface area contributed by atoms with Gasteiger partial charge >= 0.3 is 0 Å². The molecule has 1 heterocycles. The summed E-state index contributed by atoms with van der Waals surface area (Å²) in [5.41, 5.74) is 2.73. The van der Waals surface area contributed by atoms with Gasteiger partial charge in [0.05, 0.1) is 22.0 Å². The molecule has 7 rings (SSSR count). The molecule has 4 atom stereocenters. The number of anilines is 1. The van der Waals surface area contributed by atoms with Gasteiger partial charge in [-0.15, -0.1) is 0 Å². The number of allylic oxidation sites excluding steroid dienone is 6. The second kappa shape index (κ2) is 9.56. The van der Waals surface area contributed by atoms with E-state index in [2.05, 4.69) is 15.9 Å². The van der Waals surface area contributed by atoms with E-state index in [1.54, 1.807) is 36.4 Å². The molecule has 208 valence electrons. The number of carbonyl (C=O) groups is 5. The van der Waals surface area contributed by atoms with Gasteiger partial charge in [0.25, 0.3) is 0 Å². The lowest BCUT2D eigenvalue weighted by Gasteiger charge is -2.42. The van der Waals surface area contributed by atoms with Crippen molar-refractivity contribution in [3.05, 3.63) is 105 Å². The van der Waals surface area contributed by atoms with Crippen LogP contribution in [-0.4, -0.2) is 34.3 Å². The highest BCUT2D eigenvalue weighted by atomic mass is 79.9. The molecular weight excluding hydrogens is 598 g/mol. The van der Waals surface area contributed by atoms with Crippen molar-refractivity contribution in [2.45, 2.75) is 25.7 Å². The highest BCUT2D eigenvalue weighted by Gasteiger charge is 2.57. The molecule has 1 aliphatic heterocycles. The number of hydrogen-bond donors (Lipinski definition) is 1. The first kappa shape index (κ1) is 26.5. The largest absolute Gasteiger partial charge is 0.507 e. The number of imide groups is 1. The fraction of sp³-hybridized carbons (Fsp3) is 0.206. The smallest absolute Gasteiger partial charge is 0.238 e. The van der Waals surface area contributed by atoms with Crippen LogP contribution in [0, 0.1) is 17.8 Å². The van der Waals surface area contributed by atoms with Gasteiger partial charge in [-0.25, -0.2) is 0 Å². The molecule has 1 saturated heterocycles. The molecule has 0 radical (unpaired) electrons. The lowest BCUT2D eigenvalue weighted by Crippen LogP contribution is -2.39. The van der Waals surface area contributed by atoms with Crippen molar-refractivity contribution in [2.75, 3.05) is 4.90 Å². The highest BCUT2D eigenvalue weighted by molar-refractivity contribution is 9.12. The zero-order chi connectivity index (χ0) is 29.4. The first-order chi connectivity index (χ1) is 20.2. The Hall–Kier alpha value is -4.43. The molecule has 0 bridgehead atoms. The third-order valence-corrected chi connectivity index (χ3v) is 9.70. The zero-order valence-corrected chi connectivity index (χ0v) is 24.1. The Labute approximate surface area is 249 Å². The molecule has 3 aromatic carbocycles. The fourth-order valence-corrected chi connectivity index (χ4v) is 7.61. The van der Waals surface area contributed by atoms with Crippen molar-refractivity contribution in [1.82, 2.24) is 0 Å². The molecule has 42 heavy (non-hydrogen) atoms. The van der Waals surface area contributed by atoms with Crippen molar-refractivity contribution >= 4 is 61.6 Å². The average molecular weight is 622 g/mol. The van der Waals surface area contributed by atoms with Crippen LogP contribution in [0.2, 0.25) is 0 Å². The van der Waals surface area contributed by atoms with Crippen LogP contribution >= 0.6 is 15.9 Å². The predicted molar refractivity (Wildman–Crippen MR) is 159 cm³/mol. The number of rotatable bonds is 3. The summed E-state index contributed by atoms with van der Waals surface area (Å²) in [6.45, 7) is 1.45. The topological polar surface area (TPSA) is 109 Å². The van der Waals surface area contributed by atoms with Crippen molar-refractivity contribution in [3.8, 4) is 5.75 Å². The second-order valence-corrected chi connectivity index (χ2v) is 12.1. The van der Waals surface area contributed by atoms with Crippen LogP contribution in [0.4, 0.5) is 5.69 Å². The van der Waals surface area contributed by atoms with Crippen molar-refractivity contribution < 1.29 is 29.1 Å². The summed E-state index contributed by atoms with van der Waals surface area (Å²) in [7, 11) is 0. The second-order valence-electron chi connectivity index (χ2n) is 11.2. The summed E-state index contributed by atoms with van der Waals surface area (Å²) >= 11 is 3.24. The molecular formula is C34H24BrNO6. The minimum atomic E-state index is -0.746. The average Bonchev–Trinajstić information content (AvgIpc) is 3.25. The lowest BCUT2D eigenvalue weighted by atomic mass is 9.59. The number of hydrogen-bond acceptors (Lipinski definition) is 6. The van der Waals surface area contributed by atoms with Crippen LogP contribution in [-0.2, 0) is 19.2 Å². The number of nitrogens with zero attached hydrogens (tertiary/aromatic N) is 1. The molecule has 3 aromatic rings. The fourth-order valence-electron chi connectivity index (χ4n) is 7.17. The first-order valence-electron chi connectivity index (χ1n) is 13.8. The van der Waals surface area contributed by atoms with E-state index in [0.29, 0.717) is 33.3 Å². The molecule has 0 spiro atoms. The number of ketones is 3. The third-order valence-electron chi connectivity index (χ3n) is 9.11. The van der Waals surface area contributed by atoms with Gasteiger partial charge in [0.15, 0.2) is 17.3 Å². The van der Waals surface area contributed by atoms with Gasteiger partial charge < -0.3 is 5.11 Å². The number of Topliss-reactive ketones (excluding diaryl/α,β-unsaturated/α-hetero) is 2. The molecule has 1 fully saturated rings. The SMILES string of the molecule is CC(=O)c1ccc(N2C(=O)C3CC=C4C(c5ccc6ccccc6c5O)C5=C(CC4C3C2=O)C(=O)C(Br)=CC5=O)cc1. The van der Waals surface area contributed by atoms with E-state index >= 15 is 0 Å². The summed E-state index contributed by atoms with van der Waals surface area (Å²) < 4.78 is 0.147. The van der Waals surface area contributed by atoms with Gasteiger partial charge in [-0.1, -0.05) is 48.0 Å². The van der Waals surface area contributed by atoms with Crippen molar-refractivity contribution in [3.63, 3.8) is 0 Å². The Kier molecular flexibility index (Phi) is 6.02. The molecule has 8 heteroatoms. The third kappa shape index (κ3) is 3.74.